The molecule has 0 aliphatic carbocycles. The number of halogens is 2. The van der Waals surface area contributed by atoms with E-state index in [0.717, 1.165) is 35.2 Å². The molecule has 9 heteroatoms. The van der Waals surface area contributed by atoms with E-state index in [2.05, 4.69) is 32.5 Å². The molecule has 3 aromatic rings. The number of aromatic nitrogens is 2. The van der Waals surface area contributed by atoms with Crippen LogP contribution in [-0.2, 0) is 0 Å². The standard InChI is InChI=1S/C25H29Cl2N5O2/c1-32-17-4-5-18(32)10-16(9-17)28-7-8-34-24-13-22-19(12-23(24)33-2)25(30-14-29-22)31-15-3-6-20(26)21(27)11-15/h3,6,11-14,16-18,28H,4-5,7-10H2,1-2H3,(H,29,30,31)/t16-,17+,18-. The van der Waals surface area contributed by atoms with Gasteiger partial charge in [-0.05, 0) is 57.0 Å². The van der Waals surface area contributed by atoms with Gasteiger partial charge in [-0.15, -0.1) is 0 Å². The number of hydrogen-bond acceptors (Lipinski definition) is 7. The van der Waals surface area contributed by atoms with Gasteiger partial charge >= 0.3 is 0 Å². The van der Waals surface area contributed by atoms with Crippen LogP contribution < -0.4 is 20.1 Å². The fraction of sp³-hybridized carbons (Fsp3) is 0.440. The number of piperidine rings is 1. The molecule has 2 aliphatic rings. The molecule has 0 amide bonds. The zero-order valence-corrected chi connectivity index (χ0v) is 20.9. The van der Waals surface area contributed by atoms with E-state index >= 15 is 0 Å². The highest BCUT2D eigenvalue weighted by atomic mass is 35.5. The summed E-state index contributed by atoms with van der Waals surface area (Å²) in [6.45, 7) is 1.35. The Kier molecular flexibility index (Phi) is 6.97. The Morgan fingerprint density at radius 1 is 1.03 bits per heavy atom. The minimum atomic E-state index is 0.472. The largest absolute Gasteiger partial charge is 0.493 e. The van der Waals surface area contributed by atoms with E-state index in [1.807, 2.05) is 18.2 Å². The molecule has 2 N–H and O–H groups in total. The van der Waals surface area contributed by atoms with Gasteiger partial charge in [0.15, 0.2) is 11.5 Å². The van der Waals surface area contributed by atoms with Gasteiger partial charge in [-0.3, -0.25) is 0 Å². The zero-order chi connectivity index (χ0) is 23.7. The Balaban J connectivity index is 1.25. The number of ether oxygens (including phenoxy) is 2. The summed E-state index contributed by atoms with van der Waals surface area (Å²) in [6, 6.07) is 11.2. The average Bonchev–Trinajstić information content (AvgIpc) is 3.04. The van der Waals surface area contributed by atoms with Crippen molar-refractivity contribution >= 4 is 45.6 Å². The number of nitrogens with one attached hydrogen (secondary N) is 2. The Labute approximate surface area is 209 Å². The Bertz CT molecular complexity index is 1160. The van der Waals surface area contributed by atoms with E-state index in [0.29, 0.717) is 40.0 Å². The first kappa shape index (κ1) is 23.4. The monoisotopic (exact) mass is 501 g/mol. The van der Waals surface area contributed by atoms with Crippen LogP contribution in [0.15, 0.2) is 36.7 Å². The van der Waals surface area contributed by atoms with Crippen molar-refractivity contribution < 1.29 is 9.47 Å². The Hall–Kier alpha value is -2.32. The third-order valence-electron chi connectivity index (χ3n) is 6.99. The molecule has 34 heavy (non-hydrogen) atoms. The fourth-order valence-corrected chi connectivity index (χ4v) is 5.45. The van der Waals surface area contributed by atoms with Gasteiger partial charge in [-0.25, -0.2) is 9.97 Å². The lowest BCUT2D eigenvalue weighted by atomic mass is 9.98. The van der Waals surface area contributed by atoms with E-state index in [4.69, 9.17) is 32.7 Å². The number of hydrogen-bond donors (Lipinski definition) is 2. The third-order valence-corrected chi connectivity index (χ3v) is 7.73. The molecule has 3 heterocycles. The van der Waals surface area contributed by atoms with Crippen molar-refractivity contribution in [3.8, 4) is 11.5 Å². The van der Waals surface area contributed by atoms with Crippen molar-refractivity contribution in [3.05, 3.63) is 46.7 Å². The van der Waals surface area contributed by atoms with Crippen LogP contribution in [0.1, 0.15) is 25.7 Å². The van der Waals surface area contributed by atoms with Gasteiger partial charge in [0, 0.05) is 41.8 Å². The molecule has 0 spiro atoms. The molecule has 5 rings (SSSR count). The van der Waals surface area contributed by atoms with Crippen LogP contribution in [0.25, 0.3) is 10.9 Å². The average molecular weight is 502 g/mol. The van der Waals surface area contributed by atoms with E-state index in [1.54, 1.807) is 19.2 Å². The van der Waals surface area contributed by atoms with Crippen LogP contribution in [0, 0.1) is 0 Å². The molecule has 2 saturated heterocycles. The minimum absolute atomic E-state index is 0.472. The number of benzene rings is 2. The van der Waals surface area contributed by atoms with E-state index in [1.165, 1.54) is 32.0 Å². The number of rotatable bonds is 8. The molecule has 2 aliphatic heterocycles. The predicted molar refractivity (Wildman–Crippen MR) is 137 cm³/mol. The molecule has 180 valence electrons. The molecule has 0 unspecified atom stereocenters. The lowest BCUT2D eigenvalue weighted by molar-refractivity contribution is 0.146. The Morgan fingerprint density at radius 3 is 2.56 bits per heavy atom. The summed E-state index contributed by atoms with van der Waals surface area (Å²) in [6.07, 6.45) is 6.62. The van der Waals surface area contributed by atoms with Crippen LogP contribution in [0.2, 0.25) is 10.0 Å². The lowest BCUT2D eigenvalue weighted by Crippen LogP contribution is -2.47. The van der Waals surface area contributed by atoms with Crippen molar-refractivity contribution in [3.63, 3.8) is 0 Å². The van der Waals surface area contributed by atoms with Crippen LogP contribution in [0.5, 0.6) is 11.5 Å². The second kappa shape index (κ2) is 10.1. The van der Waals surface area contributed by atoms with Gasteiger partial charge < -0.3 is 25.0 Å². The summed E-state index contributed by atoms with van der Waals surface area (Å²) in [5.41, 5.74) is 1.54. The summed E-state index contributed by atoms with van der Waals surface area (Å²) in [5.74, 6) is 1.95. The first-order valence-corrected chi connectivity index (χ1v) is 12.4. The molecule has 2 aromatic carbocycles. The zero-order valence-electron chi connectivity index (χ0n) is 19.4. The molecule has 7 nitrogen and oxygen atoms in total. The first-order valence-electron chi connectivity index (χ1n) is 11.6. The van der Waals surface area contributed by atoms with Crippen molar-refractivity contribution in [1.82, 2.24) is 20.2 Å². The topological polar surface area (TPSA) is 71.5 Å². The molecular formula is C25H29Cl2N5O2. The van der Waals surface area contributed by atoms with Crippen LogP contribution >= 0.6 is 23.2 Å². The van der Waals surface area contributed by atoms with E-state index in [-0.39, 0.29) is 0 Å². The van der Waals surface area contributed by atoms with Crippen molar-refractivity contribution in [1.29, 1.82) is 0 Å². The third kappa shape index (κ3) is 4.89. The smallest absolute Gasteiger partial charge is 0.163 e. The first-order chi connectivity index (χ1) is 16.5. The van der Waals surface area contributed by atoms with E-state index in [9.17, 15) is 0 Å². The van der Waals surface area contributed by atoms with Gasteiger partial charge in [0.2, 0.25) is 0 Å². The SMILES string of the molecule is COc1cc2c(Nc3ccc(Cl)c(Cl)c3)ncnc2cc1OCCN[C@H]1C[C@H]2CC[C@@H](C1)N2C. The number of methoxy groups -OCH3 is 1. The van der Waals surface area contributed by atoms with Crippen LogP contribution in [0.3, 0.4) is 0 Å². The van der Waals surface area contributed by atoms with Gasteiger partial charge in [-0.2, -0.15) is 0 Å². The van der Waals surface area contributed by atoms with Crippen LogP contribution in [0.4, 0.5) is 11.5 Å². The number of nitrogens with zero attached hydrogens (tertiary/aromatic N) is 3. The normalized spacial score (nSPS) is 22.2. The van der Waals surface area contributed by atoms with E-state index < -0.39 is 0 Å². The highest BCUT2D eigenvalue weighted by Gasteiger charge is 2.37. The van der Waals surface area contributed by atoms with Crippen molar-refractivity contribution in [2.24, 2.45) is 0 Å². The number of fused-ring (bicyclic) bond motifs is 3. The molecule has 2 bridgehead atoms. The summed E-state index contributed by atoms with van der Waals surface area (Å²) < 4.78 is 11.7. The van der Waals surface area contributed by atoms with Gasteiger partial charge in [0.05, 0.1) is 22.7 Å². The minimum Gasteiger partial charge on any atom is -0.493 e. The molecular weight excluding hydrogens is 473 g/mol. The summed E-state index contributed by atoms with van der Waals surface area (Å²) in [4.78, 5) is 11.4. The molecule has 0 saturated carbocycles. The van der Waals surface area contributed by atoms with Crippen molar-refractivity contribution in [2.75, 3.05) is 32.6 Å². The van der Waals surface area contributed by atoms with Crippen molar-refractivity contribution in [2.45, 2.75) is 43.8 Å². The summed E-state index contributed by atoms with van der Waals surface area (Å²) in [7, 11) is 3.90. The van der Waals surface area contributed by atoms with Gasteiger partial charge in [-0.1, -0.05) is 23.2 Å². The fourth-order valence-electron chi connectivity index (χ4n) is 5.15. The van der Waals surface area contributed by atoms with Crippen LogP contribution in [-0.4, -0.2) is 60.3 Å². The van der Waals surface area contributed by atoms with Gasteiger partial charge in [0.1, 0.15) is 18.8 Å². The maximum Gasteiger partial charge on any atom is 0.163 e. The quantitative estimate of drug-likeness (QED) is 0.406. The maximum atomic E-state index is 6.15. The lowest BCUT2D eigenvalue weighted by Gasteiger charge is -2.36. The summed E-state index contributed by atoms with van der Waals surface area (Å²) in [5, 5.41) is 8.76. The highest BCUT2D eigenvalue weighted by molar-refractivity contribution is 6.42. The predicted octanol–water partition coefficient (Wildman–Crippen LogP) is 5.28. The molecule has 1 aromatic heterocycles. The Morgan fingerprint density at radius 2 is 1.82 bits per heavy atom. The highest BCUT2D eigenvalue weighted by Crippen LogP contribution is 2.36. The molecule has 0 radical (unpaired) electrons. The molecule has 2 fully saturated rings. The number of anilines is 2. The molecule has 3 atom stereocenters. The second-order valence-electron chi connectivity index (χ2n) is 9.02. The maximum absolute atomic E-state index is 6.15. The van der Waals surface area contributed by atoms with Gasteiger partial charge in [0.25, 0.3) is 0 Å². The second-order valence-corrected chi connectivity index (χ2v) is 9.83. The summed E-state index contributed by atoms with van der Waals surface area (Å²) >= 11 is 12.2.